The fourth-order valence-corrected chi connectivity index (χ4v) is 4.34. The fourth-order valence-electron chi connectivity index (χ4n) is 4.34. The van der Waals surface area contributed by atoms with E-state index in [0.717, 1.165) is 48.5 Å². The third kappa shape index (κ3) is 2.80. The number of fused-ring (bicyclic) bond motifs is 2. The van der Waals surface area contributed by atoms with Gasteiger partial charge >= 0.3 is 0 Å². The van der Waals surface area contributed by atoms with Gasteiger partial charge in [0, 0.05) is 30.6 Å². The Morgan fingerprint density at radius 3 is 2.81 bits per heavy atom. The number of likely N-dealkylation sites (tertiary alicyclic amines) is 1. The lowest BCUT2D eigenvalue weighted by Crippen LogP contribution is -2.45. The lowest BCUT2D eigenvalue weighted by molar-refractivity contribution is 0.145. The molecule has 3 heterocycles. The molecule has 6 heteroatoms. The van der Waals surface area contributed by atoms with E-state index in [1.54, 1.807) is 12.1 Å². The maximum atomic E-state index is 14.3. The molecule has 5 rings (SSSR count). The normalized spacial score (nSPS) is 26.3. The number of para-hydroxylation sites is 2. The predicted molar refractivity (Wildman–Crippen MR) is 98.7 cm³/mol. The Morgan fingerprint density at radius 1 is 1.08 bits per heavy atom. The lowest BCUT2D eigenvalue weighted by atomic mass is 9.85. The molecule has 5 nitrogen and oxygen atoms in total. The Morgan fingerprint density at radius 2 is 1.92 bits per heavy atom. The lowest BCUT2D eigenvalue weighted by Gasteiger charge is -2.35. The van der Waals surface area contributed by atoms with Gasteiger partial charge in [-0.05, 0) is 24.6 Å². The predicted octanol–water partition coefficient (Wildman–Crippen LogP) is 2.74. The maximum Gasteiger partial charge on any atom is 0.128 e. The Hall–Kier alpha value is -2.28. The van der Waals surface area contributed by atoms with Crippen LogP contribution in [0.5, 0.6) is 0 Å². The quantitative estimate of drug-likeness (QED) is 0.679. The number of nitrogens with zero attached hydrogens (tertiary/aromatic N) is 2. The third-order valence-corrected chi connectivity index (χ3v) is 5.65. The van der Waals surface area contributed by atoms with Gasteiger partial charge in [0.1, 0.15) is 11.6 Å². The van der Waals surface area contributed by atoms with Crippen LogP contribution in [0.3, 0.4) is 0 Å². The number of hydrogen-bond acceptors (Lipinski definition) is 4. The van der Waals surface area contributed by atoms with Crippen molar-refractivity contribution in [2.75, 3.05) is 13.1 Å². The summed E-state index contributed by atoms with van der Waals surface area (Å²) in [5.41, 5.74) is 9.52. The molecule has 3 N–H and O–H groups in total. The summed E-state index contributed by atoms with van der Waals surface area (Å²) >= 11 is 0. The summed E-state index contributed by atoms with van der Waals surface area (Å²) in [6.45, 7) is 2.72. The molecular formula is C20H22FN5. The first kappa shape index (κ1) is 15.9. The molecule has 0 amide bonds. The number of rotatable bonds is 3. The summed E-state index contributed by atoms with van der Waals surface area (Å²) in [4.78, 5) is 10.5. The molecule has 0 aliphatic carbocycles. The van der Waals surface area contributed by atoms with Crippen molar-refractivity contribution in [3.05, 3.63) is 65.7 Å². The highest BCUT2D eigenvalue weighted by Gasteiger charge is 2.41. The number of halogens is 1. The average Bonchev–Trinajstić information content (AvgIpc) is 3.25. The van der Waals surface area contributed by atoms with Gasteiger partial charge in [-0.2, -0.15) is 0 Å². The Bertz CT molecular complexity index is 890. The number of aromatic amines is 1. The Kier molecular flexibility index (Phi) is 3.96. The van der Waals surface area contributed by atoms with E-state index in [4.69, 9.17) is 4.98 Å². The van der Waals surface area contributed by atoms with Gasteiger partial charge in [-0.1, -0.05) is 30.3 Å². The van der Waals surface area contributed by atoms with Crippen LogP contribution in [-0.4, -0.2) is 34.0 Å². The highest BCUT2D eigenvalue weighted by atomic mass is 19.1. The highest BCUT2D eigenvalue weighted by molar-refractivity contribution is 5.74. The molecule has 0 saturated carbocycles. The van der Waals surface area contributed by atoms with E-state index >= 15 is 0 Å². The second kappa shape index (κ2) is 6.46. The smallest absolute Gasteiger partial charge is 0.128 e. The van der Waals surface area contributed by atoms with Crippen molar-refractivity contribution in [2.24, 2.45) is 5.92 Å². The second-order valence-corrected chi connectivity index (χ2v) is 7.28. The van der Waals surface area contributed by atoms with E-state index in [2.05, 4.69) is 26.8 Å². The van der Waals surface area contributed by atoms with Crippen molar-refractivity contribution in [3.63, 3.8) is 0 Å². The van der Waals surface area contributed by atoms with Crippen LogP contribution >= 0.6 is 0 Å². The molecule has 3 unspecified atom stereocenters. The van der Waals surface area contributed by atoms with Crippen LogP contribution in [-0.2, 0) is 6.54 Å². The molecule has 3 atom stereocenters. The molecule has 2 aromatic carbocycles. The number of piperidine rings is 1. The summed E-state index contributed by atoms with van der Waals surface area (Å²) in [5.74, 6) is 1.19. The number of imidazole rings is 1. The van der Waals surface area contributed by atoms with Gasteiger partial charge in [0.2, 0.25) is 0 Å². The first-order valence-corrected chi connectivity index (χ1v) is 9.19. The third-order valence-electron chi connectivity index (χ3n) is 5.65. The molecule has 2 aliphatic rings. The monoisotopic (exact) mass is 351 g/mol. The van der Waals surface area contributed by atoms with Crippen molar-refractivity contribution < 1.29 is 4.39 Å². The molecule has 0 bridgehead atoms. The molecular weight excluding hydrogens is 329 g/mol. The average molecular weight is 351 g/mol. The second-order valence-electron chi connectivity index (χ2n) is 7.28. The van der Waals surface area contributed by atoms with Gasteiger partial charge in [-0.3, -0.25) is 10.3 Å². The number of hydrazine groups is 1. The molecule has 1 aromatic heterocycles. The molecule has 2 aliphatic heterocycles. The molecule has 0 radical (unpaired) electrons. The van der Waals surface area contributed by atoms with Crippen molar-refractivity contribution in [1.82, 2.24) is 25.7 Å². The molecule has 0 spiro atoms. The minimum absolute atomic E-state index is 0.000303. The minimum Gasteiger partial charge on any atom is -0.341 e. The van der Waals surface area contributed by atoms with Gasteiger partial charge in [0.05, 0.1) is 23.6 Å². The maximum absolute atomic E-state index is 14.3. The van der Waals surface area contributed by atoms with Crippen LogP contribution in [0.25, 0.3) is 11.0 Å². The van der Waals surface area contributed by atoms with E-state index in [-0.39, 0.29) is 11.9 Å². The van der Waals surface area contributed by atoms with Gasteiger partial charge in [-0.15, -0.1) is 0 Å². The zero-order valence-corrected chi connectivity index (χ0v) is 14.5. The number of benzene rings is 2. The highest BCUT2D eigenvalue weighted by Crippen LogP contribution is 2.35. The summed E-state index contributed by atoms with van der Waals surface area (Å²) in [7, 11) is 0. The Labute approximate surface area is 151 Å². The van der Waals surface area contributed by atoms with Crippen LogP contribution in [0.2, 0.25) is 0 Å². The van der Waals surface area contributed by atoms with Gasteiger partial charge in [-0.25, -0.2) is 14.8 Å². The zero-order chi connectivity index (χ0) is 17.5. The SMILES string of the molecule is Fc1ccccc1C1NNC2CCN(Cc3nc4ccccc4[nH]3)CC21. The molecule has 2 saturated heterocycles. The van der Waals surface area contributed by atoms with Crippen molar-refractivity contribution in [1.29, 1.82) is 0 Å². The molecule has 3 aromatic rings. The first-order chi connectivity index (χ1) is 12.8. The van der Waals surface area contributed by atoms with E-state index < -0.39 is 0 Å². The van der Waals surface area contributed by atoms with E-state index in [1.807, 2.05) is 30.3 Å². The van der Waals surface area contributed by atoms with Gasteiger partial charge < -0.3 is 4.98 Å². The van der Waals surface area contributed by atoms with Crippen LogP contribution < -0.4 is 10.9 Å². The summed E-state index contributed by atoms with van der Waals surface area (Å²) < 4.78 is 14.3. The van der Waals surface area contributed by atoms with E-state index in [0.29, 0.717) is 12.0 Å². The Balaban J connectivity index is 1.34. The van der Waals surface area contributed by atoms with Crippen molar-refractivity contribution >= 4 is 11.0 Å². The first-order valence-electron chi connectivity index (χ1n) is 9.19. The zero-order valence-electron chi connectivity index (χ0n) is 14.5. The van der Waals surface area contributed by atoms with Crippen molar-refractivity contribution in [3.8, 4) is 0 Å². The van der Waals surface area contributed by atoms with E-state index in [1.165, 1.54) is 0 Å². The van der Waals surface area contributed by atoms with Gasteiger partial charge in [0.25, 0.3) is 0 Å². The van der Waals surface area contributed by atoms with Crippen molar-refractivity contribution in [2.45, 2.75) is 25.0 Å². The minimum atomic E-state index is -0.137. The number of H-pyrrole nitrogens is 1. The van der Waals surface area contributed by atoms with Crippen LogP contribution in [0.4, 0.5) is 4.39 Å². The van der Waals surface area contributed by atoms with E-state index in [9.17, 15) is 4.39 Å². The van der Waals surface area contributed by atoms with Gasteiger partial charge in [0.15, 0.2) is 0 Å². The van der Waals surface area contributed by atoms with Crippen LogP contribution in [0.1, 0.15) is 23.9 Å². The topological polar surface area (TPSA) is 56.0 Å². The summed E-state index contributed by atoms with van der Waals surface area (Å²) in [6, 6.07) is 15.6. The molecule has 26 heavy (non-hydrogen) atoms. The van der Waals surface area contributed by atoms with Crippen LogP contribution in [0.15, 0.2) is 48.5 Å². The standard InChI is InChI=1S/C20H22FN5/c21-15-6-2-1-5-13(15)20-14-11-26(10-9-16(14)24-25-20)12-19-22-17-7-3-4-8-18(17)23-19/h1-8,14,16,20,24-25H,9-12H2,(H,22,23). The number of hydrogen-bond donors (Lipinski definition) is 3. The largest absolute Gasteiger partial charge is 0.341 e. The fraction of sp³-hybridized carbons (Fsp3) is 0.350. The number of aromatic nitrogens is 2. The summed E-state index contributed by atoms with van der Waals surface area (Å²) in [5, 5.41) is 0. The molecule has 134 valence electrons. The summed E-state index contributed by atoms with van der Waals surface area (Å²) in [6.07, 6.45) is 1.04. The number of nitrogens with one attached hydrogen (secondary N) is 3. The molecule has 2 fully saturated rings. The van der Waals surface area contributed by atoms with Crippen LogP contribution in [0, 0.1) is 11.7 Å².